The first-order chi connectivity index (χ1) is 9.45. The molecule has 2 rings (SSSR count). The summed E-state index contributed by atoms with van der Waals surface area (Å²) >= 11 is 0. The van der Waals surface area contributed by atoms with Gasteiger partial charge in [0, 0.05) is 6.54 Å². The Morgan fingerprint density at radius 1 is 1.20 bits per heavy atom. The van der Waals surface area contributed by atoms with E-state index in [-0.39, 0.29) is 5.03 Å². The first kappa shape index (κ1) is 14.7. The van der Waals surface area contributed by atoms with Crippen LogP contribution in [0.5, 0.6) is 0 Å². The zero-order valence-corrected chi connectivity index (χ0v) is 12.7. The van der Waals surface area contributed by atoms with Crippen LogP contribution in [0.4, 0.5) is 0 Å². The summed E-state index contributed by atoms with van der Waals surface area (Å²) in [6.45, 7) is 6.32. The zero-order chi connectivity index (χ0) is 14.8. The van der Waals surface area contributed by atoms with Crippen LogP contribution < -0.4 is 4.72 Å². The number of hydrogen-bond donors (Lipinski definition) is 1. The Morgan fingerprint density at radius 3 is 2.40 bits per heavy atom. The van der Waals surface area contributed by atoms with Gasteiger partial charge in [-0.1, -0.05) is 32.9 Å². The van der Waals surface area contributed by atoms with E-state index in [0.29, 0.717) is 12.5 Å². The standard InChI is InChI=1S/C14H19N3O2S/c1-4-16-20(18,19)14-9-10-15-17(14)13-7-5-12(6-8-13)11(2)3/h5-11,16H,4H2,1-3H3. The van der Waals surface area contributed by atoms with E-state index in [1.165, 1.54) is 22.5 Å². The summed E-state index contributed by atoms with van der Waals surface area (Å²) in [5.41, 5.74) is 1.94. The molecule has 5 nitrogen and oxygen atoms in total. The average molecular weight is 293 g/mol. The van der Waals surface area contributed by atoms with Gasteiger partial charge in [-0.25, -0.2) is 17.8 Å². The maximum atomic E-state index is 12.1. The van der Waals surface area contributed by atoms with Gasteiger partial charge in [-0.2, -0.15) is 5.10 Å². The van der Waals surface area contributed by atoms with Crippen LogP contribution >= 0.6 is 0 Å². The van der Waals surface area contributed by atoms with Crippen LogP contribution in [0.25, 0.3) is 5.69 Å². The van der Waals surface area contributed by atoms with E-state index in [9.17, 15) is 8.42 Å². The molecule has 1 N–H and O–H groups in total. The molecule has 108 valence electrons. The van der Waals surface area contributed by atoms with Gasteiger partial charge in [0.15, 0.2) is 5.03 Å². The van der Waals surface area contributed by atoms with Gasteiger partial charge in [-0.15, -0.1) is 0 Å². The van der Waals surface area contributed by atoms with Gasteiger partial charge in [-0.05, 0) is 29.7 Å². The summed E-state index contributed by atoms with van der Waals surface area (Å²) in [6, 6.07) is 9.24. The molecule has 0 aliphatic carbocycles. The van der Waals surface area contributed by atoms with E-state index in [1.54, 1.807) is 6.92 Å². The van der Waals surface area contributed by atoms with Crippen molar-refractivity contribution in [2.75, 3.05) is 6.54 Å². The van der Waals surface area contributed by atoms with Gasteiger partial charge in [-0.3, -0.25) is 0 Å². The molecular formula is C14H19N3O2S. The number of nitrogens with zero attached hydrogens (tertiary/aromatic N) is 2. The van der Waals surface area contributed by atoms with Crippen molar-refractivity contribution >= 4 is 10.0 Å². The number of rotatable bonds is 5. The molecule has 0 aliphatic heterocycles. The van der Waals surface area contributed by atoms with Gasteiger partial charge in [0.2, 0.25) is 0 Å². The van der Waals surface area contributed by atoms with E-state index >= 15 is 0 Å². The second-order valence-corrected chi connectivity index (χ2v) is 6.54. The Kier molecular flexibility index (Phi) is 4.25. The Morgan fingerprint density at radius 2 is 1.85 bits per heavy atom. The Bertz CT molecular complexity index is 673. The third kappa shape index (κ3) is 2.91. The lowest BCUT2D eigenvalue weighted by Crippen LogP contribution is -2.25. The van der Waals surface area contributed by atoms with Crippen molar-refractivity contribution in [1.82, 2.24) is 14.5 Å². The summed E-state index contributed by atoms with van der Waals surface area (Å²) in [5.74, 6) is 0.437. The quantitative estimate of drug-likeness (QED) is 0.920. The maximum Gasteiger partial charge on any atom is 0.258 e. The molecule has 0 saturated carbocycles. The second kappa shape index (κ2) is 5.76. The molecule has 0 saturated heterocycles. The lowest BCUT2D eigenvalue weighted by Gasteiger charge is -2.10. The highest BCUT2D eigenvalue weighted by molar-refractivity contribution is 7.89. The number of nitrogens with one attached hydrogen (secondary N) is 1. The topological polar surface area (TPSA) is 64.0 Å². The molecule has 20 heavy (non-hydrogen) atoms. The SMILES string of the molecule is CCNS(=O)(=O)c1ccnn1-c1ccc(C(C)C)cc1. The fourth-order valence-electron chi connectivity index (χ4n) is 1.95. The van der Waals surface area contributed by atoms with Gasteiger partial charge in [0.1, 0.15) is 0 Å². The fourth-order valence-corrected chi connectivity index (χ4v) is 3.10. The Labute approximate surface area is 119 Å². The average Bonchev–Trinajstić information content (AvgIpc) is 2.88. The number of benzene rings is 1. The van der Waals surface area contributed by atoms with Gasteiger partial charge in [0.05, 0.1) is 11.9 Å². The normalized spacial score (nSPS) is 12.0. The van der Waals surface area contributed by atoms with Crippen molar-refractivity contribution < 1.29 is 8.42 Å². The van der Waals surface area contributed by atoms with E-state index in [1.807, 2.05) is 24.3 Å². The van der Waals surface area contributed by atoms with E-state index in [2.05, 4.69) is 23.7 Å². The number of sulfonamides is 1. The molecule has 0 spiro atoms. The summed E-state index contributed by atoms with van der Waals surface area (Å²) < 4.78 is 28.1. The van der Waals surface area contributed by atoms with Crippen molar-refractivity contribution in [3.05, 3.63) is 42.1 Å². The van der Waals surface area contributed by atoms with Gasteiger partial charge < -0.3 is 0 Å². The first-order valence-electron chi connectivity index (χ1n) is 6.59. The van der Waals surface area contributed by atoms with Gasteiger partial charge in [0.25, 0.3) is 10.0 Å². The largest absolute Gasteiger partial charge is 0.258 e. The minimum Gasteiger partial charge on any atom is -0.221 e. The fraction of sp³-hybridized carbons (Fsp3) is 0.357. The minimum atomic E-state index is -3.52. The van der Waals surface area contributed by atoms with Crippen molar-refractivity contribution in [3.63, 3.8) is 0 Å². The van der Waals surface area contributed by atoms with E-state index < -0.39 is 10.0 Å². The molecule has 6 heteroatoms. The lowest BCUT2D eigenvalue weighted by molar-refractivity contribution is 0.573. The predicted molar refractivity (Wildman–Crippen MR) is 78.5 cm³/mol. The third-order valence-corrected chi connectivity index (χ3v) is 4.55. The molecule has 0 unspecified atom stereocenters. The molecule has 1 aromatic heterocycles. The van der Waals surface area contributed by atoms with Gasteiger partial charge >= 0.3 is 0 Å². The molecule has 1 aromatic carbocycles. The molecule has 0 radical (unpaired) electrons. The van der Waals surface area contributed by atoms with Crippen LogP contribution in [0.2, 0.25) is 0 Å². The second-order valence-electron chi connectivity index (χ2n) is 4.83. The van der Waals surface area contributed by atoms with E-state index in [0.717, 1.165) is 5.69 Å². The summed E-state index contributed by atoms with van der Waals surface area (Å²) in [4.78, 5) is 0. The molecule has 1 heterocycles. The van der Waals surface area contributed by atoms with Crippen molar-refractivity contribution in [3.8, 4) is 5.69 Å². The van der Waals surface area contributed by atoms with Crippen LogP contribution in [0.3, 0.4) is 0 Å². The summed E-state index contributed by atoms with van der Waals surface area (Å²) in [6.07, 6.45) is 1.49. The molecular weight excluding hydrogens is 274 g/mol. The number of aromatic nitrogens is 2. The van der Waals surface area contributed by atoms with Crippen molar-refractivity contribution in [2.24, 2.45) is 0 Å². The highest BCUT2D eigenvalue weighted by Gasteiger charge is 2.19. The van der Waals surface area contributed by atoms with Crippen LogP contribution in [0.1, 0.15) is 32.3 Å². The lowest BCUT2D eigenvalue weighted by atomic mass is 10.0. The van der Waals surface area contributed by atoms with Crippen LogP contribution in [0, 0.1) is 0 Å². The number of hydrogen-bond acceptors (Lipinski definition) is 3. The summed E-state index contributed by atoms with van der Waals surface area (Å²) in [5, 5.41) is 4.26. The minimum absolute atomic E-state index is 0.150. The first-order valence-corrected chi connectivity index (χ1v) is 8.08. The molecule has 0 fully saturated rings. The molecule has 0 bridgehead atoms. The monoisotopic (exact) mass is 293 g/mol. The Balaban J connectivity index is 2.42. The van der Waals surface area contributed by atoms with Crippen molar-refractivity contribution in [2.45, 2.75) is 31.7 Å². The molecule has 2 aromatic rings. The van der Waals surface area contributed by atoms with Crippen molar-refractivity contribution in [1.29, 1.82) is 0 Å². The third-order valence-electron chi connectivity index (χ3n) is 3.02. The molecule has 0 atom stereocenters. The zero-order valence-electron chi connectivity index (χ0n) is 11.9. The maximum absolute atomic E-state index is 12.1. The highest BCUT2D eigenvalue weighted by Crippen LogP contribution is 2.19. The predicted octanol–water partition coefficient (Wildman–Crippen LogP) is 2.29. The smallest absolute Gasteiger partial charge is 0.221 e. The van der Waals surface area contributed by atoms with Crippen LogP contribution in [-0.4, -0.2) is 24.7 Å². The summed E-state index contributed by atoms with van der Waals surface area (Å²) in [7, 11) is -3.52. The van der Waals surface area contributed by atoms with Crippen LogP contribution in [-0.2, 0) is 10.0 Å². The molecule has 0 aliphatic rings. The molecule has 0 amide bonds. The van der Waals surface area contributed by atoms with Crippen LogP contribution in [0.15, 0.2) is 41.6 Å². The Hall–Kier alpha value is -1.66. The highest BCUT2D eigenvalue weighted by atomic mass is 32.2. The van der Waals surface area contributed by atoms with E-state index in [4.69, 9.17) is 0 Å².